The van der Waals surface area contributed by atoms with Gasteiger partial charge in [-0.1, -0.05) is 57.8 Å². The van der Waals surface area contributed by atoms with Gasteiger partial charge >= 0.3 is 0 Å². The lowest BCUT2D eigenvalue weighted by Crippen LogP contribution is -2.49. The molecule has 0 aromatic heterocycles. The van der Waals surface area contributed by atoms with Gasteiger partial charge in [0, 0.05) is 25.7 Å². The monoisotopic (exact) mass is 282 g/mol. The highest BCUT2D eigenvalue weighted by atomic mass is 16.5. The van der Waals surface area contributed by atoms with E-state index in [4.69, 9.17) is 10.5 Å². The zero-order valence-electron chi connectivity index (χ0n) is 13.2. The summed E-state index contributed by atoms with van der Waals surface area (Å²) in [5.74, 6) is 0. The predicted molar refractivity (Wildman–Crippen MR) is 84.9 cm³/mol. The van der Waals surface area contributed by atoms with Crippen LogP contribution in [0, 0.1) is 0 Å². The van der Waals surface area contributed by atoms with Gasteiger partial charge < -0.3 is 10.5 Å². The van der Waals surface area contributed by atoms with E-state index >= 15 is 0 Å². The lowest BCUT2D eigenvalue weighted by Gasteiger charge is -2.38. The van der Waals surface area contributed by atoms with Crippen LogP contribution in [0.15, 0.2) is 0 Å². The van der Waals surface area contributed by atoms with Crippen molar-refractivity contribution in [2.24, 2.45) is 5.73 Å². The Morgan fingerprint density at radius 3 is 1.95 bits per heavy atom. The van der Waals surface area contributed by atoms with Crippen LogP contribution in [-0.2, 0) is 4.74 Å². The number of rotatable bonds is 2. The van der Waals surface area contributed by atoms with Gasteiger partial charge in [0.05, 0.1) is 12.7 Å². The van der Waals surface area contributed by atoms with Crippen LogP contribution < -0.4 is 5.73 Å². The van der Waals surface area contributed by atoms with Crippen molar-refractivity contribution in [2.45, 2.75) is 82.8 Å². The van der Waals surface area contributed by atoms with Gasteiger partial charge in [0.15, 0.2) is 0 Å². The third-order valence-electron chi connectivity index (χ3n) is 5.02. The maximum absolute atomic E-state index is 5.78. The first kappa shape index (κ1) is 16.3. The zero-order valence-corrected chi connectivity index (χ0v) is 13.2. The highest BCUT2D eigenvalue weighted by Crippen LogP contribution is 2.22. The molecule has 1 unspecified atom stereocenters. The number of nitrogens with two attached hydrogens (primary N) is 1. The lowest BCUT2D eigenvalue weighted by atomic mass is 9.96. The highest BCUT2D eigenvalue weighted by Gasteiger charge is 2.25. The molecule has 118 valence electrons. The predicted octanol–water partition coefficient (Wildman–Crippen LogP) is 3.32. The minimum atomic E-state index is 0.269. The second-order valence-electron chi connectivity index (χ2n) is 6.64. The Morgan fingerprint density at radius 2 is 1.40 bits per heavy atom. The molecule has 0 aromatic carbocycles. The summed E-state index contributed by atoms with van der Waals surface area (Å²) in [6.45, 7) is 3.71. The van der Waals surface area contributed by atoms with Crippen molar-refractivity contribution in [2.75, 3.05) is 26.2 Å². The molecule has 0 radical (unpaired) electrons. The minimum Gasteiger partial charge on any atom is -0.374 e. The Labute approximate surface area is 125 Å². The fraction of sp³-hybridized carbons (Fsp3) is 1.00. The Balaban J connectivity index is 1.81. The molecule has 2 rings (SSSR count). The molecular weight excluding hydrogens is 248 g/mol. The molecule has 0 bridgehead atoms. The highest BCUT2D eigenvalue weighted by molar-refractivity contribution is 4.79. The van der Waals surface area contributed by atoms with E-state index in [-0.39, 0.29) is 6.10 Å². The molecule has 3 nitrogen and oxygen atoms in total. The Bertz CT molecular complexity index is 235. The molecule has 1 heterocycles. The van der Waals surface area contributed by atoms with Gasteiger partial charge in [0.2, 0.25) is 0 Å². The molecule has 1 aliphatic heterocycles. The molecule has 2 N–H and O–H groups in total. The Kier molecular flexibility index (Phi) is 7.92. The number of hydrogen-bond donors (Lipinski definition) is 1. The quantitative estimate of drug-likeness (QED) is 0.844. The summed E-state index contributed by atoms with van der Waals surface area (Å²) in [6.07, 6.45) is 16.0. The fourth-order valence-corrected chi connectivity index (χ4v) is 3.72. The van der Waals surface area contributed by atoms with Crippen LogP contribution >= 0.6 is 0 Å². The van der Waals surface area contributed by atoms with Gasteiger partial charge in [0.25, 0.3) is 0 Å². The van der Waals surface area contributed by atoms with E-state index in [2.05, 4.69) is 4.90 Å². The van der Waals surface area contributed by atoms with Crippen LogP contribution in [0.5, 0.6) is 0 Å². The topological polar surface area (TPSA) is 38.5 Å². The second-order valence-corrected chi connectivity index (χ2v) is 6.64. The van der Waals surface area contributed by atoms with Gasteiger partial charge in [-0.05, 0) is 12.8 Å². The van der Waals surface area contributed by atoms with Gasteiger partial charge in [-0.25, -0.2) is 0 Å². The first-order chi connectivity index (χ1) is 9.90. The van der Waals surface area contributed by atoms with Gasteiger partial charge in [0.1, 0.15) is 0 Å². The van der Waals surface area contributed by atoms with Crippen molar-refractivity contribution in [1.82, 2.24) is 4.90 Å². The molecule has 0 spiro atoms. The van der Waals surface area contributed by atoms with Crippen LogP contribution in [0.3, 0.4) is 0 Å². The molecule has 0 aromatic rings. The molecular formula is C17H34N2O. The maximum Gasteiger partial charge on any atom is 0.0824 e. The maximum atomic E-state index is 5.78. The molecule has 3 heteroatoms. The van der Waals surface area contributed by atoms with E-state index < -0.39 is 0 Å². The van der Waals surface area contributed by atoms with Crippen molar-refractivity contribution < 1.29 is 4.74 Å². The van der Waals surface area contributed by atoms with Crippen LogP contribution in [0.1, 0.15) is 70.6 Å². The molecule has 1 aliphatic carbocycles. The summed E-state index contributed by atoms with van der Waals surface area (Å²) in [5, 5.41) is 0. The van der Waals surface area contributed by atoms with Crippen molar-refractivity contribution in [3.63, 3.8) is 0 Å². The fourth-order valence-electron chi connectivity index (χ4n) is 3.72. The molecule has 2 aliphatic rings. The SMILES string of the molecule is NCC1CN(C2CCCCCCCCCCC2)CCO1. The van der Waals surface area contributed by atoms with E-state index in [1.807, 2.05) is 0 Å². The van der Waals surface area contributed by atoms with E-state index in [0.717, 1.165) is 25.7 Å². The first-order valence-corrected chi connectivity index (χ1v) is 8.96. The second kappa shape index (κ2) is 9.75. The van der Waals surface area contributed by atoms with Crippen molar-refractivity contribution >= 4 is 0 Å². The molecule has 0 amide bonds. The van der Waals surface area contributed by atoms with Crippen molar-refractivity contribution in [1.29, 1.82) is 0 Å². The summed E-state index contributed by atoms with van der Waals surface area (Å²) in [6, 6.07) is 0.785. The van der Waals surface area contributed by atoms with Crippen LogP contribution in [0.2, 0.25) is 0 Å². The summed E-state index contributed by atoms with van der Waals surface area (Å²) in [4.78, 5) is 2.67. The number of hydrogen-bond acceptors (Lipinski definition) is 3. The Hall–Kier alpha value is -0.120. The third-order valence-corrected chi connectivity index (χ3v) is 5.02. The van der Waals surface area contributed by atoms with Gasteiger partial charge in [-0.2, -0.15) is 0 Å². The molecule has 1 saturated carbocycles. The average Bonchev–Trinajstić information content (AvgIpc) is 2.48. The number of morpholine rings is 1. The van der Waals surface area contributed by atoms with E-state index in [1.165, 1.54) is 70.6 Å². The van der Waals surface area contributed by atoms with E-state index in [9.17, 15) is 0 Å². The normalized spacial score (nSPS) is 29.6. The van der Waals surface area contributed by atoms with Crippen LogP contribution in [0.25, 0.3) is 0 Å². The molecule has 20 heavy (non-hydrogen) atoms. The molecule has 1 saturated heterocycles. The van der Waals surface area contributed by atoms with Crippen molar-refractivity contribution in [3.8, 4) is 0 Å². The first-order valence-electron chi connectivity index (χ1n) is 8.96. The summed E-state index contributed by atoms with van der Waals surface area (Å²) in [5.41, 5.74) is 5.78. The van der Waals surface area contributed by atoms with E-state index in [1.54, 1.807) is 0 Å². The van der Waals surface area contributed by atoms with Gasteiger partial charge in [-0.3, -0.25) is 4.90 Å². The molecule has 2 fully saturated rings. The largest absolute Gasteiger partial charge is 0.374 e. The average molecular weight is 282 g/mol. The smallest absolute Gasteiger partial charge is 0.0824 e. The van der Waals surface area contributed by atoms with Crippen molar-refractivity contribution in [3.05, 3.63) is 0 Å². The summed E-state index contributed by atoms with van der Waals surface area (Å²) < 4.78 is 5.72. The minimum absolute atomic E-state index is 0.269. The van der Waals surface area contributed by atoms with Gasteiger partial charge in [-0.15, -0.1) is 0 Å². The number of nitrogens with zero attached hydrogens (tertiary/aromatic N) is 1. The number of ether oxygens (including phenoxy) is 1. The summed E-state index contributed by atoms with van der Waals surface area (Å²) in [7, 11) is 0. The third kappa shape index (κ3) is 5.71. The van der Waals surface area contributed by atoms with Crippen LogP contribution in [-0.4, -0.2) is 43.3 Å². The standard InChI is InChI=1S/C17H34N2O/c18-14-17-15-19(12-13-20-17)16-10-8-6-4-2-1-3-5-7-9-11-16/h16-17H,1-15,18H2. The Morgan fingerprint density at radius 1 is 0.850 bits per heavy atom. The molecule has 1 atom stereocenters. The van der Waals surface area contributed by atoms with E-state index in [0.29, 0.717) is 6.54 Å². The van der Waals surface area contributed by atoms with Crippen LogP contribution in [0.4, 0.5) is 0 Å². The summed E-state index contributed by atoms with van der Waals surface area (Å²) >= 11 is 0. The lowest BCUT2D eigenvalue weighted by molar-refractivity contribution is -0.0414. The zero-order chi connectivity index (χ0) is 14.0.